The van der Waals surface area contributed by atoms with E-state index in [1.165, 1.54) is 17.3 Å². The third-order valence-electron chi connectivity index (χ3n) is 2.91. The molecular formula is C15H13BrN4S. The maximum atomic E-state index is 5.99. The first-order valence-corrected chi connectivity index (χ1v) is 8.00. The van der Waals surface area contributed by atoms with Gasteiger partial charge in [0.15, 0.2) is 5.16 Å². The first-order chi connectivity index (χ1) is 10.2. The van der Waals surface area contributed by atoms with E-state index in [4.69, 9.17) is 5.73 Å². The van der Waals surface area contributed by atoms with Crippen LogP contribution in [0.25, 0.3) is 0 Å². The molecule has 6 heteroatoms. The smallest absolute Gasteiger partial charge is 0.218 e. The molecule has 0 saturated heterocycles. The van der Waals surface area contributed by atoms with Gasteiger partial charge in [-0.25, -0.2) is 4.68 Å². The van der Waals surface area contributed by atoms with Crippen molar-refractivity contribution in [3.63, 3.8) is 0 Å². The Balaban J connectivity index is 1.88. The van der Waals surface area contributed by atoms with Gasteiger partial charge in [-0.2, -0.15) is 4.98 Å². The molecule has 3 rings (SSSR count). The number of nitrogen functional groups attached to an aromatic ring is 1. The van der Waals surface area contributed by atoms with Crippen LogP contribution in [0.15, 0.2) is 69.4 Å². The highest BCUT2D eigenvalue weighted by atomic mass is 79.9. The number of para-hydroxylation sites is 1. The van der Waals surface area contributed by atoms with Gasteiger partial charge in [-0.3, -0.25) is 0 Å². The quantitative estimate of drug-likeness (QED) is 0.718. The molecule has 0 aliphatic rings. The minimum Gasteiger partial charge on any atom is -0.398 e. The molecule has 0 aliphatic heterocycles. The van der Waals surface area contributed by atoms with Crippen LogP contribution in [0.1, 0.15) is 5.56 Å². The number of halogens is 1. The summed E-state index contributed by atoms with van der Waals surface area (Å²) in [7, 11) is 0. The zero-order valence-electron chi connectivity index (χ0n) is 11.1. The summed E-state index contributed by atoms with van der Waals surface area (Å²) < 4.78 is 2.45. The van der Waals surface area contributed by atoms with Crippen molar-refractivity contribution >= 4 is 33.4 Å². The van der Waals surface area contributed by atoms with Gasteiger partial charge in [-0.1, -0.05) is 42.5 Å². The molecule has 106 valence electrons. The summed E-state index contributed by atoms with van der Waals surface area (Å²) in [6, 6.07) is 17.9. The number of nitrogens with zero attached hydrogens (tertiary/aromatic N) is 3. The molecule has 0 fully saturated rings. The van der Waals surface area contributed by atoms with Crippen molar-refractivity contribution in [3.8, 4) is 0 Å². The van der Waals surface area contributed by atoms with E-state index in [1.54, 1.807) is 0 Å². The van der Waals surface area contributed by atoms with Crippen LogP contribution in [-0.2, 0) is 6.54 Å². The van der Waals surface area contributed by atoms with Gasteiger partial charge >= 0.3 is 0 Å². The number of hydrogen-bond donors (Lipinski definition) is 1. The fourth-order valence-electron chi connectivity index (χ4n) is 1.91. The van der Waals surface area contributed by atoms with Gasteiger partial charge in [-0.05, 0) is 45.4 Å². The maximum Gasteiger partial charge on any atom is 0.218 e. The second-order valence-corrected chi connectivity index (χ2v) is 6.16. The summed E-state index contributed by atoms with van der Waals surface area (Å²) in [4.78, 5) is 5.40. The molecule has 4 nitrogen and oxygen atoms in total. The Morgan fingerprint density at radius 2 is 1.76 bits per heavy atom. The van der Waals surface area contributed by atoms with E-state index < -0.39 is 0 Å². The van der Waals surface area contributed by atoms with Gasteiger partial charge < -0.3 is 5.73 Å². The fraction of sp³-hybridized carbons (Fsp3) is 0.0667. The number of aromatic nitrogens is 3. The maximum absolute atomic E-state index is 5.99. The number of hydrogen-bond acceptors (Lipinski definition) is 4. The lowest BCUT2D eigenvalue weighted by molar-refractivity contribution is 0.617. The predicted molar refractivity (Wildman–Crippen MR) is 88.2 cm³/mol. The summed E-state index contributed by atoms with van der Waals surface area (Å²) in [5, 5.41) is 5.20. The number of nitrogens with two attached hydrogens (primary N) is 1. The van der Waals surface area contributed by atoms with E-state index in [0.717, 1.165) is 15.7 Å². The van der Waals surface area contributed by atoms with E-state index in [0.29, 0.717) is 11.3 Å². The largest absolute Gasteiger partial charge is 0.398 e. The highest BCUT2D eigenvalue weighted by Crippen LogP contribution is 2.31. The summed E-state index contributed by atoms with van der Waals surface area (Å²) in [5.41, 5.74) is 7.91. The van der Waals surface area contributed by atoms with E-state index in [9.17, 15) is 0 Å². The van der Waals surface area contributed by atoms with E-state index in [2.05, 4.69) is 38.1 Å². The van der Waals surface area contributed by atoms with E-state index in [-0.39, 0.29) is 0 Å². The lowest BCUT2D eigenvalue weighted by Gasteiger charge is -2.07. The molecule has 0 aliphatic carbocycles. The van der Waals surface area contributed by atoms with Crippen molar-refractivity contribution in [3.05, 3.63) is 64.9 Å². The highest BCUT2D eigenvalue weighted by molar-refractivity contribution is 9.10. The van der Waals surface area contributed by atoms with Crippen LogP contribution in [0.5, 0.6) is 0 Å². The second-order valence-electron chi connectivity index (χ2n) is 4.45. The highest BCUT2D eigenvalue weighted by Gasteiger charge is 2.11. The molecular weight excluding hydrogens is 348 g/mol. The van der Waals surface area contributed by atoms with Crippen LogP contribution in [0.2, 0.25) is 0 Å². The van der Waals surface area contributed by atoms with Crippen LogP contribution in [-0.4, -0.2) is 14.8 Å². The van der Waals surface area contributed by atoms with E-state index in [1.807, 2.05) is 47.1 Å². The van der Waals surface area contributed by atoms with Crippen LogP contribution in [0.3, 0.4) is 0 Å². The Morgan fingerprint density at radius 1 is 1.05 bits per heavy atom. The zero-order chi connectivity index (χ0) is 14.7. The van der Waals surface area contributed by atoms with Crippen molar-refractivity contribution in [1.29, 1.82) is 0 Å². The first-order valence-electron chi connectivity index (χ1n) is 6.39. The van der Waals surface area contributed by atoms with Crippen LogP contribution < -0.4 is 5.73 Å². The molecule has 0 bridgehead atoms. The normalized spacial score (nSPS) is 10.7. The zero-order valence-corrected chi connectivity index (χ0v) is 13.5. The molecule has 0 atom stereocenters. The Morgan fingerprint density at radius 3 is 2.52 bits per heavy atom. The van der Waals surface area contributed by atoms with Gasteiger partial charge in [0.1, 0.15) is 0 Å². The SMILES string of the molecule is Nc1ccccc1Sc1nc(Br)nn1Cc1ccccc1. The molecule has 1 aromatic heterocycles. The molecule has 1 heterocycles. The first kappa shape index (κ1) is 14.2. The lowest BCUT2D eigenvalue weighted by Crippen LogP contribution is -2.03. The molecule has 0 radical (unpaired) electrons. The average Bonchev–Trinajstić information content (AvgIpc) is 2.82. The molecule has 3 aromatic rings. The monoisotopic (exact) mass is 360 g/mol. The third kappa shape index (κ3) is 3.46. The molecule has 21 heavy (non-hydrogen) atoms. The molecule has 0 saturated carbocycles. The third-order valence-corrected chi connectivity index (χ3v) is 4.32. The molecule has 2 N–H and O–H groups in total. The van der Waals surface area contributed by atoms with Gasteiger partial charge in [0.25, 0.3) is 0 Å². The van der Waals surface area contributed by atoms with Crippen LogP contribution in [0, 0.1) is 0 Å². The summed E-state index contributed by atoms with van der Waals surface area (Å²) >= 11 is 4.86. The Bertz CT molecular complexity index is 742. The van der Waals surface area contributed by atoms with Gasteiger partial charge in [0.2, 0.25) is 4.73 Å². The standard InChI is InChI=1S/C15H13BrN4S/c16-14-18-15(21-13-9-5-4-8-12(13)17)20(19-14)10-11-6-2-1-3-7-11/h1-9H,10,17H2. The average molecular weight is 361 g/mol. The molecule has 0 spiro atoms. The number of anilines is 1. The summed E-state index contributed by atoms with van der Waals surface area (Å²) in [5.74, 6) is 0. The minimum absolute atomic E-state index is 0.579. The topological polar surface area (TPSA) is 56.7 Å². The van der Waals surface area contributed by atoms with Gasteiger partial charge in [0, 0.05) is 10.6 Å². The Hall–Kier alpha value is -1.79. The van der Waals surface area contributed by atoms with Crippen molar-refractivity contribution in [2.45, 2.75) is 16.6 Å². The Labute approximate surface area is 135 Å². The lowest BCUT2D eigenvalue weighted by atomic mass is 10.2. The van der Waals surface area contributed by atoms with Gasteiger partial charge in [0.05, 0.1) is 6.54 Å². The predicted octanol–water partition coefficient (Wildman–Crippen LogP) is 3.82. The van der Waals surface area contributed by atoms with Crippen LogP contribution >= 0.6 is 27.7 Å². The van der Waals surface area contributed by atoms with Gasteiger partial charge in [-0.15, -0.1) is 5.10 Å². The molecule has 0 unspecified atom stereocenters. The van der Waals surface area contributed by atoms with Crippen molar-refractivity contribution < 1.29 is 0 Å². The fourth-order valence-corrected chi connectivity index (χ4v) is 3.26. The number of benzene rings is 2. The Kier molecular flexibility index (Phi) is 4.26. The second kappa shape index (κ2) is 6.32. The summed E-state index contributed by atoms with van der Waals surface area (Å²) in [6.07, 6.45) is 0. The molecule has 0 amide bonds. The number of rotatable bonds is 4. The van der Waals surface area contributed by atoms with Crippen LogP contribution in [0.4, 0.5) is 5.69 Å². The minimum atomic E-state index is 0.579. The summed E-state index contributed by atoms with van der Waals surface area (Å²) in [6.45, 7) is 0.675. The van der Waals surface area contributed by atoms with Crippen molar-refractivity contribution in [1.82, 2.24) is 14.8 Å². The van der Waals surface area contributed by atoms with E-state index >= 15 is 0 Å². The van der Waals surface area contributed by atoms with Crippen molar-refractivity contribution in [2.24, 2.45) is 0 Å². The van der Waals surface area contributed by atoms with Crippen molar-refractivity contribution in [2.75, 3.05) is 5.73 Å². The molecule has 2 aromatic carbocycles.